The number of carbonyl (C=O) groups is 2. The summed E-state index contributed by atoms with van der Waals surface area (Å²) in [6.07, 6.45) is 2.02. The number of Topliss-reactive ketones (excluding diaryl/α,β-unsaturated/α-hetero) is 1. The smallest absolute Gasteiger partial charge is 0.316 e. The third kappa shape index (κ3) is 3.02. The largest absolute Gasteiger partial charge is 0.465 e. The van der Waals surface area contributed by atoms with Crippen molar-refractivity contribution >= 4 is 47.8 Å². The fourth-order valence-electron chi connectivity index (χ4n) is 1.99. The van der Waals surface area contributed by atoms with Gasteiger partial charge >= 0.3 is 5.97 Å². The lowest BCUT2D eigenvalue weighted by molar-refractivity contribution is -0.146. The van der Waals surface area contributed by atoms with Crippen molar-refractivity contribution in [2.24, 2.45) is 5.92 Å². The van der Waals surface area contributed by atoms with E-state index in [0.717, 1.165) is 5.69 Å². The molecule has 0 radical (unpaired) electrons. The van der Waals surface area contributed by atoms with Gasteiger partial charge in [0.15, 0.2) is 5.78 Å². The van der Waals surface area contributed by atoms with Crippen LogP contribution in [0, 0.1) is 5.92 Å². The van der Waals surface area contributed by atoms with Crippen molar-refractivity contribution in [3.05, 3.63) is 24.0 Å². The van der Waals surface area contributed by atoms with E-state index < -0.39 is 11.9 Å². The van der Waals surface area contributed by atoms with Crippen molar-refractivity contribution in [2.75, 3.05) is 17.5 Å². The van der Waals surface area contributed by atoms with Crippen molar-refractivity contribution < 1.29 is 14.3 Å². The first kappa shape index (κ1) is 14.6. The van der Waals surface area contributed by atoms with Gasteiger partial charge in [-0.25, -0.2) is 0 Å². The van der Waals surface area contributed by atoms with Gasteiger partial charge in [-0.2, -0.15) is 0 Å². The number of carbonyl (C=O) groups excluding carboxylic acids is 2. The molecule has 1 unspecified atom stereocenters. The topological polar surface area (TPSA) is 59.5 Å². The minimum atomic E-state index is -0.748. The van der Waals surface area contributed by atoms with Crippen LogP contribution < -0.4 is 4.31 Å². The summed E-state index contributed by atoms with van der Waals surface area (Å²) < 4.78 is 6.95. The van der Waals surface area contributed by atoms with E-state index >= 15 is 0 Å². The standard InChI is InChI=1S/C12H13IN2O3S/c1-2-18-12(17)8-5-7-15(19-13)9-4-3-6-14-10(9)11(8)16/h3-4,6,8H,2,5,7H2,1H3. The maximum Gasteiger partial charge on any atom is 0.316 e. The highest BCUT2D eigenvalue weighted by Gasteiger charge is 2.35. The highest BCUT2D eigenvalue weighted by molar-refractivity contribution is 14.2. The van der Waals surface area contributed by atoms with Crippen molar-refractivity contribution in [3.63, 3.8) is 0 Å². The van der Waals surface area contributed by atoms with Gasteiger partial charge in [-0.1, -0.05) is 0 Å². The number of anilines is 1. The summed E-state index contributed by atoms with van der Waals surface area (Å²) >= 11 is 2.16. The molecular formula is C12H13IN2O3S. The summed E-state index contributed by atoms with van der Waals surface area (Å²) in [5, 5.41) is 0. The van der Waals surface area contributed by atoms with Gasteiger partial charge in [0.25, 0.3) is 0 Å². The maximum atomic E-state index is 12.4. The Morgan fingerprint density at radius 1 is 1.68 bits per heavy atom. The summed E-state index contributed by atoms with van der Waals surface area (Å²) in [5.41, 5.74) is 1.11. The Hall–Kier alpha value is -0.830. The molecule has 1 aromatic heterocycles. The SMILES string of the molecule is CCOC(=O)C1CCN(SI)c2cccnc2C1=O. The Bertz CT molecular complexity index is 498. The summed E-state index contributed by atoms with van der Waals surface area (Å²) in [7, 11) is 1.49. The van der Waals surface area contributed by atoms with Gasteiger partial charge in [0, 0.05) is 43.1 Å². The fourth-order valence-corrected chi connectivity index (χ4v) is 3.61. The molecule has 19 heavy (non-hydrogen) atoms. The molecule has 102 valence electrons. The number of esters is 1. The molecule has 1 aliphatic rings. The Morgan fingerprint density at radius 3 is 3.16 bits per heavy atom. The number of pyridine rings is 1. The molecule has 1 atom stereocenters. The van der Waals surface area contributed by atoms with Crippen molar-refractivity contribution in [1.29, 1.82) is 0 Å². The molecule has 0 bridgehead atoms. The lowest BCUT2D eigenvalue weighted by Gasteiger charge is -2.18. The Labute approximate surface area is 127 Å². The summed E-state index contributed by atoms with van der Waals surface area (Å²) in [6.45, 7) is 2.63. The Balaban J connectivity index is 2.37. The third-order valence-corrected chi connectivity index (χ3v) is 4.85. The van der Waals surface area contributed by atoms with Crippen molar-refractivity contribution in [1.82, 2.24) is 4.98 Å². The molecule has 0 spiro atoms. The lowest BCUT2D eigenvalue weighted by Crippen LogP contribution is -2.27. The van der Waals surface area contributed by atoms with E-state index in [1.165, 1.54) is 9.12 Å². The highest BCUT2D eigenvalue weighted by Crippen LogP contribution is 2.34. The average molecular weight is 392 g/mol. The van der Waals surface area contributed by atoms with Crippen LogP contribution in [0.3, 0.4) is 0 Å². The second kappa shape index (κ2) is 6.56. The minimum absolute atomic E-state index is 0.248. The zero-order chi connectivity index (χ0) is 13.8. The van der Waals surface area contributed by atoms with Gasteiger partial charge in [-0.05, 0) is 25.5 Å². The van der Waals surface area contributed by atoms with Crippen LogP contribution in [0.2, 0.25) is 0 Å². The first-order valence-corrected chi connectivity index (χ1v) is 9.22. The lowest BCUT2D eigenvalue weighted by atomic mass is 9.98. The molecule has 5 nitrogen and oxygen atoms in total. The van der Waals surface area contributed by atoms with Crippen molar-refractivity contribution in [3.8, 4) is 0 Å². The third-order valence-electron chi connectivity index (χ3n) is 2.88. The van der Waals surface area contributed by atoms with Crippen LogP contribution in [-0.4, -0.2) is 29.9 Å². The first-order valence-electron chi connectivity index (χ1n) is 5.91. The van der Waals surface area contributed by atoms with E-state index in [1.807, 2.05) is 10.4 Å². The van der Waals surface area contributed by atoms with Crippen LogP contribution >= 0.6 is 30.3 Å². The van der Waals surface area contributed by atoms with Gasteiger partial charge in [0.2, 0.25) is 0 Å². The zero-order valence-corrected chi connectivity index (χ0v) is 13.3. The zero-order valence-electron chi connectivity index (χ0n) is 10.3. The van der Waals surface area contributed by atoms with Crippen molar-refractivity contribution in [2.45, 2.75) is 13.3 Å². The second-order valence-corrected chi connectivity index (χ2v) is 5.76. The van der Waals surface area contributed by atoms with Crippen LogP contribution in [0.25, 0.3) is 0 Å². The number of aromatic nitrogens is 1. The van der Waals surface area contributed by atoms with Crippen LogP contribution in [0.15, 0.2) is 18.3 Å². The molecule has 2 heterocycles. The van der Waals surface area contributed by atoms with Gasteiger partial charge in [-0.3, -0.25) is 14.6 Å². The molecule has 0 aliphatic carbocycles. The predicted octanol–water partition coefficient (Wildman–Crippen LogP) is 2.65. The number of nitrogens with zero attached hydrogens (tertiary/aromatic N) is 2. The summed E-state index contributed by atoms with van der Waals surface area (Å²) in [6, 6.07) is 3.64. The van der Waals surface area contributed by atoms with Gasteiger partial charge in [0.1, 0.15) is 11.6 Å². The molecule has 2 rings (SSSR count). The number of hydrogen-bond acceptors (Lipinski definition) is 6. The molecule has 1 aliphatic heterocycles. The summed E-state index contributed by atoms with van der Waals surface area (Å²) in [4.78, 5) is 28.4. The van der Waals surface area contributed by atoms with E-state index in [4.69, 9.17) is 4.74 Å². The monoisotopic (exact) mass is 392 g/mol. The number of ether oxygens (including phenoxy) is 1. The molecular weight excluding hydrogens is 379 g/mol. The van der Waals surface area contributed by atoms with Gasteiger partial charge in [0.05, 0.1) is 12.3 Å². The average Bonchev–Trinajstić information content (AvgIpc) is 2.57. The number of halogens is 1. The highest BCUT2D eigenvalue weighted by atomic mass is 127. The van der Waals surface area contributed by atoms with E-state index in [2.05, 4.69) is 26.2 Å². The van der Waals surface area contributed by atoms with Crippen LogP contribution in [0.4, 0.5) is 5.69 Å². The van der Waals surface area contributed by atoms with Crippen LogP contribution in [0.5, 0.6) is 0 Å². The van der Waals surface area contributed by atoms with E-state index in [9.17, 15) is 9.59 Å². The fraction of sp³-hybridized carbons (Fsp3) is 0.417. The minimum Gasteiger partial charge on any atom is -0.465 e. The second-order valence-electron chi connectivity index (χ2n) is 4.00. The van der Waals surface area contributed by atoms with E-state index in [0.29, 0.717) is 18.7 Å². The molecule has 0 amide bonds. The Morgan fingerprint density at radius 2 is 2.47 bits per heavy atom. The van der Waals surface area contributed by atoms with E-state index in [1.54, 1.807) is 19.2 Å². The van der Waals surface area contributed by atoms with E-state index in [-0.39, 0.29) is 12.4 Å². The van der Waals surface area contributed by atoms with Crippen LogP contribution in [0.1, 0.15) is 23.8 Å². The Kier molecular flexibility index (Phi) is 5.03. The number of hydrogen-bond donors (Lipinski definition) is 0. The number of fused-ring (bicyclic) bond motifs is 1. The summed E-state index contributed by atoms with van der Waals surface area (Å²) in [5.74, 6) is -1.45. The van der Waals surface area contributed by atoms with Gasteiger partial charge in [-0.15, -0.1) is 0 Å². The molecule has 0 saturated heterocycles. The normalized spacial score (nSPS) is 18.7. The molecule has 0 N–H and O–H groups in total. The molecule has 0 fully saturated rings. The molecule has 0 saturated carbocycles. The molecule has 7 heteroatoms. The predicted molar refractivity (Wildman–Crippen MR) is 82.3 cm³/mol. The quantitative estimate of drug-likeness (QED) is 0.341. The number of rotatable bonds is 3. The van der Waals surface area contributed by atoms with Gasteiger partial charge < -0.3 is 9.04 Å². The first-order chi connectivity index (χ1) is 9.19. The molecule has 1 aromatic rings. The number of ketones is 1. The van der Waals surface area contributed by atoms with Crippen LogP contribution in [-0.2, 0) is 9.53 Å². The maximum absolute atomic E-state index is 12.4. The molecule has 0 aromatic carbocycles.